The molecule has 0 unspecified atom stereocenters. The van der Waals surface area contributed by atoms with Gasteiger partial charge in [-0.2, -0.15) is 13.2 Å². The van der Waals surface area contributed by atoms with Crippen molar-refractivity contribution in [3.63, 3.8) is 0 Å². The fourth-order valence-corrected chi connectivity index (χ4v) is 2.93. The molecule has 27 heavy (non-hydrogen) atoms. The van der Waals surface area contributed by atoms with Crippen molar-refractivity contribution in [2.75, 3.05) is 20.1 Å². The van der Waals surface area contributed by atoms with Crippen molar-refractivity contribution in [1.29, 1.82) is 0 Å². The number of likely N-dealkylation sites (N-methyl/N-ethyl adjacent to an activating group) is 1. The van der Waals surface area contributed by atoms with Crippen LogP contribution < -0.4 is 0 Å². The fraction of sp³-hybridized carbons (Fsp3) is 0.200. The number of piperidine rings is 1. The zero-order valence-corrected chi connectivity index (χ0v) is 14.4. The molecule has 0 amide bonds. The summed E-state index contributed by atoms with van der Waals surface area (Å²) in [6.07, 6.45) is 1.59. The van der Waals surface area contributed by atoms with Crippen molar-refractivity contribution >= 4 is 17.9 Å². The highest BCUT2D eigenvalue weighted by Gasteiger charge is 2.31. The number of pyridine rings is 1. The maximum absolute atomic E-state index is 13.6. The van der Waals surface area contributed by atoms with Crippen LogP contribution in [0.1, 0.15) is 16.7 Å². The summed E-state index contributed by atoms with van der Waals surface area (Å²) >= 11 is 0. The lowest BCUT2D eigenvalue weighted by Gasteiger charge is -2.26. The highest BCUT2D eigenvalue weighted by molar-refractivity contribution is 6.14. The zero-order chi connectivity index (χ0) is 19.6. The number of hydrogen-bond acceptors (Lipinski definition) is 3. The van der Waals surface area contributed by atoms with Crippen LogP contribution in [-0.4, -0.2) is 35.8 Å². The molecule has 1 aromatic heterocycles. The van der Waals surface area contributed by atoms with Gasteiger partial charge in [0.2, 0.25) is 0 Å². The average Bonchev–Trinajstić information content (AvgIpc) is 2.58. The molecule has 0 radical (unpaired) electrons. The minimum Gasteiger partial charge on any atom is -0.298 e. The number of carbonyl (C=O) groups is 1. The first-order chi connectivity index (χ1) is 12.7. The van der Waals surface area contributed by atoms with Gasteiger partial charge in [-0.25, -0.2) is 4.39 Å². The molecule has 0 aliphatic carbocycles. The Kier molecular flexibility index (Phi) is 5.23. The van der Waals surface area contributed by atoms with Crippen LogP contribution in [0.4, 0.5) is 17.6 Å². The van der Waals surface area contributed by atoms with E-state index in [1.165, 1.54) is 6.08 Å². The van der Waals surface area contributed by atoms with Crippen LogP contribution in [0.15, 0.2) is 53.9 Å². The Balaban J connectivity index is 1.97. The van der Waals surface area contributed by atoms with Crippen LogP contribution in [0.3, 0.4) is 0 Å². The number of likely N-dealkylation sites (tertiary alicyclic amines) is 1. The predicted molar refractivity (Wildman–Crippen MR) is 94.1 cm³/mol. The highest BCUT2D eigenvalue weighted by atomic mass is 19.4. The second-order valence-electron chi connectivity index (χ2n) is 6.39. The lowest BCUT2D eigenvalue weighted by Crippen LogP contribution is -2.34. The summed E-state index contributed by atoms with van der Waals surface area (Å²) in [7, 11) is 1.80. The van der Waals surface area contributed by atoms with E-state index in [1.807, 2.05) is 4.90 Å². The van der Waals surface area contributed by atoms with Gasteiger partial charge in [0.15, 0.2) is 5.78 Å². The first-order valence-corrected chi connectivity index (χ1v) is 8.14. The van der Waals surface area contributed by atoms with Crippen LogP contribution in [-0.2, 0) is 11.0 Å². The van der Waals surface area contributed by atoms with Crippen LogP contribution in [0.5, 0.6) is 0 Å². The second kappa shape index (κ2) is 7.44. The smallest absolute Gasteiger partial charge is 0.298 e. The molecule has 1 aliphatic heterocycles. The van der Waals surface area contributed by atoms with Gasteiger partial charge >= 0.3 is 6.18 Å². The Morgan fingerprint density at radius 3 is 2.19 bits per heavy atom. The summed E-state index contributed by atoms with van der Waals surface area (Å²) in [6.45, 7) is 0.680. The molecule has 1 aliphatic rings. The van der Waals surface area contributed by atoms with Crippen molar-refractivity contribution in [2.24, 2.45) is 0 Å². The lowest BCUT2D eigenvalue weighted by atomic mass is 9.94. The van der Waals surface area contributed by atoms with Crippen LogP contribution in [0.2, 0.25) is 0 Å². The maximum Gasteiger partial charge on any atom is 0.416 e. The normalized spacial score (nSPS) is 19.1. The summed E-state index contributed by atoms with van der Waals surface area (Å²) in [5.41, 5.74) is 0.535. The highest BCUT2D eigenvalue weighted by Crippen LogP contribution is 2.31. The van der Waals surface area contributed by atoms with Gasteiger partial charge in [0.25, 0.3) is 0 Å². The minimum atomic E-state index is -4.66. The monoisotopic (exact) mass is 376 g/mol. The molecule has 7 heteroatoms. The van der Waals surface area contributed by atoms with Crippen molar-refractivity contribution in [3.05, 3.63) is 76.4 Å². The summed E-state index contributed by atoms with van der Waals surface area (Å²) in [6, 6.07) is 5.76. The number of alkyl halides is 3. The van der Waals surface area contributed by atoms with Crippen molar-refractivity contribution < 1.29 is 22.4 Å². The van der Waals surface area contributed by atoms with Gasteiger partial charge in [-0.15, -0.1) is 0 Å². The Morgan fingerprint density at radius 2 is 1.59 bits per heavy atom. The van der Waals surface area contributed by atoms with E-state index < -0.39 is 17.6 Å². The number of ketones is 1. The Bertz CT molecular complexity index is 917. The number of benzene rings is 1. The van der Waals surface area contributed by atoms with Crippen molar-refractivity contribution in [1.82, 2.24) is 9.88 Å². The Morgan fingerprint density at radius 1 is 1.00 bits per heavy atom. The Hall–Kier alpha value is -2.80. The topological polar surface area (TPSA) is 33.2 Å². The van der Waals surface area contributed by atoms with Crippen LogP contribution >= 0.6 is 0 Å². The minimum absolute atomic E-state index is 0.00392. The number of Topliss-reactive ketones (excluding diaryl/α,β-unsaturated/α-hetero) is 1. The molecule has 140 valence electrons. The zero-order valence-electron chi connectivity index (χ0n) is 14.4. The number of aromatic nitrogens is 1. The van der Waals surface area contributed by atoms with Gasteiger partial charge in [0, 0.05) is 36.6 Å². The van der Waals surface area contributed by atoms with E-state index in [1.54, 1.807) is 37.7 Å². The number of carbonyl (C=O) groups excluding carboxylic acids is 1. The summed E-state index contributed by atoms with van der Waals surface area (Å²) < 4.78 is 52.3. The van der Waals surface area contributed by atoms with Crippen LogP contribution in [0, 0.1) is 5.82 Å². The van der Waals surface area contributed by atoms with E-state index in [-0.39, 0.29) is 17.9 Å². The molecular formula is C20H16F4N2O. The molecule has 1 fully saturated rings. The Labute approximate surface area is 153 Å². The molecule has 1 aromatic carbocycles. The fourth-order valence-electron chi connectivity index (χ4n) is 2.93. The van der Waals surface area contributed by atoms with E-state index >= 15 is 0 Å². The number of nitrogens with zero attached hydrogens (tertiary/aromatic N) is 2. The number of hydrogen-bond donors (Lipinski definition) is 0. The number of rotatable bonds is 2. The molecule has 3 rings (SSSR count). The third-order valence-electron chi connectivity index (χ3n) is 4.10. The summed E-state index contributed by atoms with van der Waals surface area (Å²) in [5, 5.41) is 0. The van der Waals surface area contributed by atoms with Gasteiger partial charge < -0.3 is 0 Å². The standard InChI is InChI=1S/C20H16F4N2O/c1-26-11-15(6-13-2-4-25-5-3-13)19(27)16(12-26)7-14-8-17(20(22,23)24)10-18(21)9-14/h2-10H,11-12H2,1H3/b15-6+,16-7+. The molecule has 0 spiro atoms. The van der Waals surface area contributed by atoms with Gasteiger partial charge in [-0.3, -0.25) is 14.7 Å². The molecular weight excluding hydrogens is 360 g/mol. The SMILES string of the molecule is CN1C/C(=C\c2ccncc2)C(=O)/C(=C/c2cc(F)cc(C(F)(F)F)c2)C1. The maximum atomic E-state index is 13.6. The second-order valence-corrected chi connectivity index (χ2v) is 6.39. The van der Waals surface area contributed by atoms with E-state index in [9.17, 15) is 22.4 Å². The number of halogens is 4. The van der Waals surface area contributed by atoms with E-state index in [4.69, 9.17) is 0 Å². The third-order valence-corrected chi connectivity index (χ3v) is 4.10. The molecule has 1 saturated heterocycles. The first kappa shape index (κ1) is 19.0. The molecule has 2 aromatic rings. The molecule has 0 bridgehead atoms. The predicted octanol–water partition coefficient (Wildman–Crippen LogP) is 4.22. The quantitative estimate of drug-likeness (QED) is 0.581. The average molecular weight is 376 g/mol. The molecule has 2 heterocycles. The van der Waals surface area contributed by atoms with Crippen molar-refractivity contribution in [3.8, 4) is 0 Å². The largest absolute Gasteiger partial charge is 0.416 e. The summed E-state index contributed by atoms with van der Waals surface area (Å²) in [4.78, 5) is 18.5. The van der Waals surface area contributed by atoms with Crippen molar-refractivity contribution in [2.45, 2.75) is 6.18 Å². The third kappa shape index (κ3) is 4.68. The molecule has 0 saturated carbocycles. The lowest BCUT2D eigenvalue weighted by molar-refractivity contribution is -0.137. The molecule has 0 N–H and O–H groups in total. The van der Waals surface area contributed by atoms with Gasteiger partial charge in [0.1, 0.15) is 5.82 Å². The van der Waals surface area contributed by atoms with E-state index in [2.05, 4.69) is 4.98 Å². The van der Waals surface area contributed by atoms with Gasteiger partial charge in [-0.1, -0.05) is 0 Å². The van der Waals surface area contributed by atoms with Crippen LogP contribution in [0.25, 0.3) is 12.2 Å². The van der Waals surface area contributed by atoms with Gasteiger partial charge in [-0.05, 0) is 60.7 Å². The molecule has 3 nitrogen and oxygen atoms in total. The first-order valence-electron chi connectivity index (χ1n) is 8.14. The van der Waals surface area contributed by atoms with Gasteiger partial charge in [0.05, 0.1) is 5.56 Å². The molecule has 0 atom stereocenters. The summed E-state index contributed by atoms with van der Waals surface area (Å²) in [5.74, 6) is -1.26. The van der Waals surface area contributed by atoms with E-state index in [0.717, 1.165) is 17.7 Å². The van der Waals surface area contributed by atoms with E-state index in [0.29, 0.717) is 23.8 Å².